The first-order valence-electron chi connectivity index (χ1n) is 5.46. The Labute approximate surface area is 103 Å². The molecular formula is C13H10N4O. The number of amides is 1. The summed E-state index contributed by atoms with van der Waals surface area (Å²) in [5.74, 6) is -0.538. The van der Waals surface area contributed by atoms with Gasteiger partial charge in [-0.05, 0) is 30.3 Å². The summed E-state index contributed by atoms with van der Waals surface area (Å²) in [7, 11) is 0. The second-order valence-electron chi connectivity index (χ2n) is 3.85. The lowest BCUT2D eigenvalue weighted by molar-refractivity contribution is 0.0995. The fourth-order valence-electron chi connectivity index (χ4n) is 1.86. The van der Waals surface area contributed by atoms with Gasteiger partial charge in [0, 0.05) is 0 Å². The Morgan fingerprint density at radius 3 is 2.78 bits per heavy atom. The van der Waals surface area contributed by atoms with Crippen LogP contribution >= 0.6 is 0 Å². The van der Waals surface area contributed by atoms with E-state index >= 15 is 0 Å². The van der Waals surface area contributed by atoms with Gasteiger partial charge in [0.05, 0.1) is 23.1 Å². The minimum absolute atomic E-state index is 0.247. The van der Waals surface area contributed by atoms with E-state index in [4.69, 9.17) is 5.73 Å². The summed E-state index contributed by atoms with van der Waals surface area (Å²) >= 11 is 0. The van der Waals surface area contributed by atoms with Gasteiger partial charge in [0.25, 0.3) is 5.91 Å². The number of aromatic nitrogens is 3. The molecule has 2 N–H and O–H groups in total. The number of hydrogen-bond donors (Lipinski definition) is 1. The van der Waals surface area contributed by atoms with Gasteiger partial charge in [0.1, 0.15) is 5.69 Å². The quantitative estimate of drug-likeness (QED) is 0.735. The number of rotatable bonds is 2. The standard InChI is InChI=1S/C13H10N4O/c14-13(18)11-5-2-4-10(16-11)12-6-1-3-9-7-8-15-17(9)12/h1-8H,(H2,14,18). The molecule has 0 aromatic carbocycles. The Kier molecular flexibility index (Phi) is 2.30. The largest absolute Gasteiger partial charge is 0.364 e. The van der Waals surface area contributed by atoms with Crippen LogP contribution in [-0.4, -0.2) is 20.5 Å². The van der Waals surface area contributed by atoms with Gasteiger partial charge >= 0.3 is 0 Å². The number of carbonyl (C=O) groups excluding carboxylic acids is 1. The van der Waals surface area contributed by atoms with Crippen molar-refractivity contribution in [3.8, 4) is 11.4 Å². The molecule has 0 bridgehead atoms. The number of fused-ring (bicyclic) bond motifs is 1. The average Bonchev–Trinajstić information content (AvgIpc) is 2.87. The van der Waals surface area contributed by atoms with Gasteiger partial charge in [-0.25, -0.2) is 9.50 Å². The molecule has 0 atom stereocenters. The first-order chi connectivity index (χ1) is 8.75. The molecule has 0 radical (unpaired) electrons. The maximum absolute atomic E-state index is 11.1. The van der Waals surface area contributed by atoms with Crippen LogP contribution in [0.5, 0.6) is 0 Å². The van der Waals surface area contributed by atoms with Crippen molar-refractivity contribution >= 4 is 11.4 Å². The SMILES string of the molecule is NC(=O)c1cccc(-c2cccc3ccnn23)n1. The lowest BCUT2D eigenvalue weighted by Gasteiger charge is -2.05. The molecule has 3 rings (SSSR count). The van der Waals surface area contributed by atoms with E-state index in [2.05, 4.69) is 10.1 Å². The van der Waals surface area contributed by atoms with Crippen molar-refractivity contribution in [1.29, 1.82) is 0 Å². The van der Waals surface area contributed by atoms with E-state index in [0.717, 1.165) is 11.2 Å². The molecule has 5 nitrogen and oxygen atoms in total. The first kappa shape index (κ1) is 10.5. The van der Waals surface area contributed by atoms with Crippen LogP contribution in [0.25, 0.3) is 16.9 Å². The topological polar surface area (TPSA) is 73.3 Å². The van der Waals surface area contributed by atoms with Crippen LogP contribution in [0.2, 0.25) is 0 Å². The highest BCUT2D eigenvalue weighted by atomic mass is 16.1. The molecule has 1 amide bonds. The van der Waals surface area contributed by atoms with Crippen molar-refractivity contribution in [2.75, 3.05) is 0 Å². The Morgan fingerprint density at radius 2 is 1.94 bits per heavy atom. The number of nitrogens with two attached hydrogens (primary N) is 1. The number of primary amides is 1. The highest BCUT2D eigenvalue weighted by Gasteiger charge is 2.08. The second kappa shape index (κ2) is 3.96. The third kappa shape index (κ3) is 1.62. The first-order valence-corrected chi connectivity index (χ1v) is 5.46. The minimum Gasteiger partial charge on any atom is -0.364 e. The summed E-state index contributed by atoms with van der Waals surface area (Å²) in [4.78, 5) is 15.4. The summed E-state index contributed by atoms with van der Waals surface area (Å²) in [6.07, 6.45) is 1.72. The molecule has 0 aliphatic rings. The van der Waals surface area contributed by atoms with Gasteiger partial charge in [-0.15, -0.1) is 0 Å². The Bertz CT molecular complexity index is 732. The molecule has 0 aliphatic carbocycles. The van der Waals surface area contributed by atoms with Crippen LogP contribution in [-0.2, 0) is 0 Å². The van der Waals surface area contributed by atoms with Gasteiger partial charge in [-0.2, -0.15) is 5.10 Å². The molecule has 0 unspecified atom stereocenters. The van der Waals surface area contributed by atoms with Gasteiger partial charge < -0.3 is 5.73 Å². The van der Waals surface area contributed by atoms with E-state index in [1.54, 1.807) is 22.8 Å². The highest BCUT2D eigenvalue weighted by Crippen LogP contribution is 2.18. The van der Waals surface area contributed by atoms with Gasteiger partial charge in [0.15, 0.2) is 0 Å². The molecule has 0 saturated carbocycles. The van der Waals surface area contributed by atoms with Gasteiger partial charge in [-0.1, -0.05) is 12.1 Å². The van der Waals surface area contributed by atoms with E-state index in [0.29, 0.717) is 5.69 Å². The number of carbonyl (C=O) groups is 1. The van der Waals surface area contributed by atoms with Crippen molar-refractivity contribution in [2.24, 2.45) is 5.73 Å². The molecule has 18 heavy (non-hydrogen) atoms. The number of pyridine rings is 2. The third-order valence-electron chi connectivity index (χ3n) is 2.69. The van der Waals surface area contributed by atoms with Crippen molar-refractivity contribution < 1.29 is 4.79 Å². The molecule has 5 heteroatoms. The number of hydrogen-bond acceptors (Lipinski definition) is 3. The van der Waals surface area contributed by atoms with Crippen molar-refractivity contribution in [3.05, 3.63) is 54.4 Å². The predicted octanol–water partition coefficient (Wildman–Crippen LogP) is 1.50. The van der Waals surface area contributed by atoms with Crippen LogP contribution in [0, 0.1) is 0 Å². The van der Waals surface area contributed by atoms with E-state index in [9.17, 15) is 4.79 Å². The Balaban J connectivity index is 2.23. The maximum atomic E-state index is 11.1. The lowest BCUT2D eigenvalue weighted by atomic mass is 10.2. The molecule has 0 fully saturated rings. The Morgan fingerprint density at radius 1 is 1.11 bits per heavy atom. The molecule has 3 heterocycles. The van der Waals surface area contributed by atoms with Gasteiger partial charge in [0.2, 0.25) is 0 Å². The average molecular weight is 238 g/mol. The summed E-state index contributed by atoms with van der Waals surface area (Å²) in [5.41, 5.74) is 7.93. The minimum atomic E-state index is -0.538. The maximum Gasteiger partial charge on any atom is 0.267 e. The van der Waals surface area contributed by atoms with E-state index in [1.165, 1.54) is 0 Å². The highest BCUT2D eigenvalue weighted by molar-refractivity contribution is 5.91. The van der Waals surface area contributed by atoms with Gasteiger partial charge in [-0.3, -0.25) is 4.79 Å². The van der Waals surface area contributed by atoms with E-state index < -0.39 is 5.91 Å². The molecule has 0 spiro atoms. The zero-order chi connectivity index (χ0) is 12.5. The normalized spacial score (nSPS) is 10.7. The van der Waals surface area contributed by atoms with Crippen LogP contribution in [0.15, 0.2) is 48.7 Å². The zero-order valence-corrected chi connectivity index (χ0v) is 9.45. The van der Waals surface area contributed by atoms with Crippen LogP contribution in [0.3, 0.4) is 0 Å². The molecular weight excluding hydrogens is 228 g/mol. The smallest absolute Gasteiger partial charge is 0.267 e. The van der Waals surface area contributed by atoms with Crippen molar-refractivity contribution in [3.63, 3.8) is 0 Å². The molecule has 3 aromatic rings. The van der Waals surface area contributed by atoms with Crippen molar-refractivity contribution in [2.45, 2.75) is 0 Å². The summed E-state index contributed by atoms with van der Waals surface area (Å²) in [5, 5.41) is 4.23. The second-order valence-corrected chi connectivity index (χ2v) is 3.85. The summed E-state index contributed by atoms with van der Waals surface area (Å²) in [6.45, 7) is 0. The molecule has 3 aromatic heterocycles. The van der Waals surface area contributed by atoms with Crippen molar-refractivity contribution in [1.82, 2.24) is 14.6 Å². The molecule has 0 saturated heterocycles. The monoisotopic (exact) mass is 238 g/mol. The predicted molar refractivity (Wildman–Crippen MR) is 66.9 cm³/mol. The van der Waals surface area contributed by atoms with E-state index in [-0.39, 0.29) is 5.69 Å². The zero-order valence-electron chi connectivity index (χ0n) is 9.45. The summed E-state index contributed by atoms with van der Waals surface area (Å²) in [6, 6.07) is 12.8. The third-order valence-corrected chi connectivity index (χ3v) is 2.69. The molecule has 0 aliphatic heterocycles. The van der Waals surface area contributed by atoms with Crippen LogP contribution < -0.4 is 5.73 Å². The fraction of sp³-hybridized carbons (Fsp3) is 0. The lowest BCUT2D eigenvalue weighted by Crippen LogP contribution is -2.13. The van der Waals surface area contributed by atoms with Crippen LogP contribution in [0.1, 0.15) is 10.5 Å². The Hall–Kier alpha value is -2.69. The number of nitrogens with zero attached hydrogens (tertiary/aromatic N) is 3. The fourth-order valence-corrected chi connectivity index (χ4v) is 1.86. The molecule has 88 valence electrons. The van der Waals surface area contributed by atoms with Crippen LogP contribution in [0.4, 0.5) is 0 Å². The van der Waals surface area contributed by atoms with E-state index in [1.807, 2.05) is 30.3 Å². The summed E-state index contributed by atoms with van der Waals surface area (Å²) < 4.78 is 1.77.